The Morgan fingerprint density at radius 2 is 1.68 bits per heavy atom. The molecule has 1 aromatic carbocycles. The summed E-state index contributed by atoms with van der Waals surface area (Å²) in [5.41, 5.74) is 0.828. The van der Waals surface area contributed by atoms with Gasteiger partial charge in [-0.1, -0.05) is 0 Å². The predicted molar refractivity (Wildman–Crippen MR) is 91.1 cm³/mol. The number of hydrogen-bond acceptors (Lipinski definition) is 5. The molecule has 1 fully saturated rings. The van der Waals surface area contributed by atoms with Crippen LogP contribution in [-0.2, 0) is 19.1 Å². The molecule has 2 unspecified atom stereocenters. The second kappa shape index (κ2) is 7.19. The molecule has 1 saturated heterocycles. The van der Waals surface area contributed by atoms with E-state index in [4.69, 9.17) is 9.47 Å². The van der Waals surface area contributed by atoms with Gasteiger partial charge in [-0.05, 0) is 51.0 Å². The molecular weight excluding hydrogens is 322 g/mol. The minimum Gasteiger partial charge on any atom is -0.462 e. The maximum absolute atomic E-state index is 12.1. The minimum atomic E-state index is -0.408. The van der Waals surface area contributed by atoms with E-state index in [0.717, 1.165) is 17.7 Å². The molecule has 2 amide bonds. The summed E-state index contributed by atoms with van der Waals surface area (Å²) < 4.78 is 10.8. The maximum atomic E-state index is 12.1. The molecule has 2 atom stereocenters. The zero-order valence-corrected chi connectivity index (χ0v) is 14.3. The lowest BCUT2D eigenvalue weighted by Gasteiger charge is -2.41. The van der Waals surface area contributed by atoms with Crippen molar-refractivity contribution in [3.63, 3.8) is 0 Å². The second-order valence-electron chi connectivity index (χ2n) is 6.38. The molecule has 6 nitrogen and oxygen atoms in total. The summed E-state index contributed by atoms with van der Waals surface area (Å²) in [6.07, 6.45) is 4.78. The highest BCUT2D eigenvalue weighted by molar-refractivity contribution is 6.28. The summed E-state index contributed by atoms with van der Waals surface area (Å²) in [4.78, 5) is 36.4. The summed E-state index contributed by atoms with van der Waals surface area (Å²) in [6, 6.07) is 6.24. The number of ether oxygens (including phenoxy) is 2. The van der Waals surface area contributed by atoms with Crippen molar-refractivity contribution in [2.45, 2.75) is 38.9 Å². The molecule has 0 aliphatic carbocycles. The Balaban J connectivity index is 1.48. The van der Waals surface area contributed by atoms with E-state index in [0.29, 0.717) is 23.8 Å². The van der Waals surface area contributed by atoms with Crippen LogP contribution in [0.1, 0.15) is 37.0 Å². The maximum Gasteiger partial charge on any atom is 0.338 e. The molecule has 3 rings (SSSR count). The van der Waals surface area contributed by atoms with Gasteiger partial charge in [0.05, 0.1) is 30.1 Å². The van der Waals surface area contributed by atoms with Gasteiger partial charge in [-0.25, -0.2) is 9.69 Å². The molecule has 0 saturated carbocycles. The van der Waals surface area contributed by atoms with E-state index in [-0.39, 0.29) is 24.0 Å². The minimum absolute atomic E-state index is 0.281. The fourth-order valence-corrected chi connectivity index (χ4v) is 3.27. The molecule has 25 heavy (non-hydrogen) atoms. The Morgan fingerprint density at radius 3 is 2.24 bits per heavy atom. The Morgan fingerprint density at radius 1 is 1.08 bits per heavy atom. The molecule has 1 aromatic rings. The molecule has 0 radical (unpaired) electrons. The zero-order valence-electron chi connectivity index (χ0n) is 14.3. The van der Waals surface area contributed by atoms with Crippen LogP contribution in [0, 0.1) is 5.92 Å². The molecule has 2 aliphatic rings. The summed E-state index contributed by atoms with van der Waals surface area (Å²) >= 11 is 0. The highest BCUT2D eigenvalue weighted by atomic mass is 16.5. The van der Waals surface area contributed by atoms with Crippen molar-refractivity contribution in [1.82, 2.24) is 0 Å². The summed E-state index contributed by atoms with van der Waals surface area (Å²) in [5.74, 6) is -0.649. The average molecular weight is 343 g/mol. The van der Waals surface area contributed by atoms with Gasteiger partial charge >= 0.3 is 5.97 Å². The Hall–Kier alpha value is -2.47. The van der Waals surface area contributed by atoms with E-state index in [1.807, 2.05) is 0 Å². The first kappa shape index (κ1) is 17.4. The highest BCUT2D eigenvalue weighted by Gasteiger charge is 2.35. The van der Waals surface area contributed by atoms with Gasteiger partial charge in [0, 0.05) is 18.1 Å². The standard InChI is InChI=1S/C19H21NO5/c1-12-16(13(2)25-12)4-3-11-24-19(23)14-5-7-15(8-6-14)20-17(21)9-10-18(20)22/h5-10,12-13,16H,3-4,11H2,1-2H3. The normalized spacial score (nSPS) is 25.2. The predicted octanol–water partition coefficient (Wildman–Crippen LogP) is 2.48. The van der Waals surface area contributed by atoms with Gasteiger partial charge in [0.25, 0.3) is 11.8 Å². The first-order chi connectivity index (χ1) is 12.0. The Kier molecular flexibility index (Phi) is 4.99. The van der Waals surface area contributed by atoms with Gasteiger partial charge < -0.3 is 9.47 Å². The van der Waals surface area contributed by atoms with Crippen molar-refractivity contribution in [3.8, 4) is 0 Å². The molecule has 0 bridgehead atoms. The van der Waals surface area contributed by atoms with Crippen LogP contribution in [0.4, 0.5) is 5.69 Å². The first-order valence-corrected chi connectivity index (χ1v) is 8.46. The van der Waals surface area contributed by atoms with E-state index in [2.05, 4.69) is 13.8 Å². The van der Waals surface area contributed by atoms with Crippen molar-refractivity contribution in [2.75, 3.05) is 11.5 Å². The topological polar surface area (TPSA) is 72.9 Å². The summed E-state index contributed by atoms with van der Waals surface area (Å²) in [6.45, 7) is 4.48. The number of anilines is 1. The van der Waals surface area contributed by atoms with Gasteiger partial charge in [0.1, 0.15) is 0 Å². The van der Waals surface area contributed by atoms with Crippen molar-refractivity contribution >= 4 is 23.5 Å². The largest absolute Gasteiger partial charge is 0.462 e. The quantitative estimate of drug-likeness (QED) is 0.451. The Labute approximate surface area is 146 Å². The number of carbonyl (C=O) groups excluding carboxylic acids is 3. The molecule has 132 valence electrons. The van der Waals surface area contributed by atoms with Crippen LogP contribution in [0.2, 0.25) is 0 Å². The number of carbonyl (C=O) groups is 3. The monoisotopic (exact) mass is 343 g/mol. The van der Waals surface area contributed by atoms with Crippen molar-refractivity contribution in [1.29, 1.82) is 0 Å². The van der Waals surface area contributed by atoms with Crippen LogP contribution < -0.4 is 4.90 Å². The molecule has 6 heteroatoms. The molecule has 0 N–H and O–H groups in total. The lowest BCUT2D eigenvalue weighted by atomic mass is 9.87. The van der Waals surface area contributed by atoms with Crippen LogP contribution in [0.25, 0.3) is 0 Å². The fraction of sp³-hybridized carbons (Fsp3) is 0.421. The molecule has 0 spiro atoms. The third kappa shape index (κ3) is 3.64. The van der Waals surface area contributed by atoms with Gasteiger partial charge in [-0.2, -0.15) is 0 Å². The Bertz CT molecular complexity index is 683. The fourth-order valence-electron chi connectivity index (χ4n) is 3.27. The second-order valence-corrected chi connectivity index (χ2v) is 6.38. The zero-order chi connectivity index (χ0) is 18.0. The van der Waals surface area contributed by atoms with Crippen LogP contribution in [0.5, 0.6) is 0 Å². The number of imide groups is 1. The molecule has 2 aliphatic heterocycles. The van der Waals surface area contributed by atoms with Crippen molar-refractivity contribution < 1.29 is 23.9 Å². The third-order valence-corrected chi connectivity index (χ3v) is 4.72. The molecular formula is C19H21NO5. The highest BCUT2D eigenvalue weighted by Crippen LogP contribution is 2.31. The van der Waals surface area contributed by atoms with Crippen LogP contribution >= 0.6 is 0 Å². The van der Waals surface area contributed by atoms with Gasteiger partial charge in [0.2, 0.25) is 0 Å². The van der Waals surface area contributed by atoms with Crippen LogP contribution in [-0.4, -0.2) is 36.6 Å². The van der Waals surface area contributed by atoms with E-state index in [1.165, 1.54) is 12.2 Å². The van der Waals surface area contributed by atoms with Crippen LogP contribution in [0.15, 0.2) is 36.4 Å². The lowest BCUT2D eigenvalue weighted by molar-refractivity contribution is -0.168. The molecule has 0 aromatic heterocycles. The molecule has 2 heterocycles. The van der Waals surface area contributed by atoms with Gasteiger partial charge in [-0.3, -0.25) is 9.59 Å². The number of nitrogens with zero attached hydrogens (tertiary/aromatic N) is 1. The van der Waals surface area contributed by atoms with E-state index < -0.39 is 5.97 Å². The van der Waals surface area contributed by atoms with Crippen molar-refractivity contribution in [2.24, 2.45) is 5.92 Å². The SMILES string of the molecule is CC1OC(C)C1CCCOC(=O)c1ccc(N2C(=O)C=CC2=O)cc1. The van der Waals surface area contributed by atoms with Gasteiger partial charge in [-0.15, -0.1) is 0 Å². The smallest absolute Gasteiger partial charge is 0.338 e. The lowest BCUT2D eigenvalue weighted by Crippen LogP contribution is -2.45. The third-order valence-electron chi connectivity index (χ3n) is 4.72. The number of rotatable bonds is 6. The number of amides is 2. The first-order valence-electron chi connectivity index (χ1n) is 8.46. The number of esters is 1. The summed E-state index contributed by atoms with van der Waals surface area (Å²) in [7, 11) is 0. The van der Waals surface area contributed by atoms with E-state index >= 15 is 0 Å². The number of hydrogen-bond donors (Lipinski definition) is 0. The van der Waals surface area contributed by atoms with Gasteiger partial charge in [0.15, 0.2) is 0 Å². The van der Waals surface area contributed by atoms with Crippen molar-refractivity contribution in [3.05, 3.63) is 42.0 Å². The number of benzene rings is 1. The summed E-state index contributed by atoms with van der Waals surface area (Å²) in [5, 5.41) is 0. The van der Waals surface area contributed by atoms with E-state index in [1.54, 1.807) is 24.3 Å². The average Bonchev–Trinajstić information content (AvgIpc) is 2.93. The van der Waals surface area contributed by atoms with Crippen LogP contribution in [0.3, 0.4) is 0 Å². The van der Waals surface area contributed by atoms with E-state index in [9.17, 15) is 14.4 Å².